The Bertz CT molecular complexity index is 477. The summed E-state index contributed by atoms with van der Waals surface area (Å²) in [6.45, 7) is 6.56. The third kappa shape index (κ3) is 2.84. The Morgan fingerprint density at radius 1 is 1.39 bits per heavy atom. The van der Waals surface area contributed by atoms with Gasteiger partial charge in [-0.3, -0.25) is 15.0 Å². The van der Waals surface area contributed by atoms with Crippen molar-refractivity contribution in [3.63, 3.8) is 0 Å². The highest BCUT2D eigenvalue weighted by Crippen LogP contribution is 2.24. The number of nitro benzene ring substituents is 1. The number of hydrogen-bond donors (Lipinski definition) is 0. The van der Waals surface area contributed by atoms with Gasteiger partial charge in [-0.25, -0.2) is 0 Å². The Hall–Kier alpha value is -1.94. The second kappa shape index (κ2) is 5.60. The summed E-state index contributed by atoms with van der Waals surface area (Å²) >= 11 is 0. The lowest BCUT2D eigenvalue weighted by Crippen LogP contribution is -2.28. The quantitative estimate of drug-likeness (QED) is 0.465. The molecule has 18 heavy (non-hydrogen) atoms. The molecular weight excluding hydrogens is 228 g/mol. The summed E-state index contributed by atoms with van der Waals surface area (Å²) in [5.41, 5.74) is 2.49. The second-order valence-corrected chi connectivity index (χ2v) is 4.33. The third-order valence-electron chi connectivity index (χ3n) is 3.13. The molecule has 4 heteroatoms. The van der Waals surface area contributed by atoms with Crippen LogP contribution in [0.25, 0.3) is 5.57 Å². The summed E-state index contributed by atoms with van der Waals surface area (Å²) < 4.78 is 0. The van der Waals surface area contributed by atoms with Crippen LogP contribution in [-0.2, 0) is 0 Å². The van der Waals surface area contributed by atoms with Gasteiger partial charge in [0.05, 0.1) is 4.92 Å². The van der Waals surface area contributed by atoms with Crippen LogP contribution in [0.15, 0.2) is 43.0 Å². The zero-order chi connectivity index (χ0) is 13.0. The van der Waals surface area contributed by atoms with Crippen molar-refractivity contribution in [1.82, 2.24) is 4.90 Å². The number of rotatable bonds is 4. The Labute approximate surface area is 106 Å². The number of non-ortho nitro benzene ring substituents is 1. The first-order valence-corrected chi connectivity index (χ1v) is 5.98. The van der Waals surface area contributed by atoms with Crippen molar-refractivity contribution in [3.8, 4) is 0 Å². The van der Waals surface area contributed by atoms with Gasteiger partial charge in [0.25, 0.3) is 5.69 Å². The molecule has 0 fully saturated rings. The number of nitro groups is 1. The zero-order valence-electron chi connectivity index (χ0n) is 10.2. The van der Waals surface area contributed by atoms with Crippen molar-refractivity contribution >= 4 is 11.3 Å². The minimum absolute atomic E-state index is 0.142. The summed E-state index contributed by atoms with van der Waals surface area (Å²) in [4.78, 5) is 12.5. The van der Waals surface area contributed by atoms with E-state index in [2.05, 4.69) is 17.6 Å². The van der Waals surface area contributed by atoms with Crippen molar-refractivity contribution in [2.24, 2.45) is 0 Å². The average Bonchev–Trinajstić information content (AvgIpc) is 2.40. The topological polar surface area (TPSA) is 46.4 Å². The fraction of sp³-hybridized carbons (Fsp3) is 0.286. The molecule has 2 rings (SSSR count). The van der Waals surface area contributed by atoms with Crippen molar-refractivity contribution < 1.29 is 4.92 Å². The molecule has 0 bridgehead atoms. The molecule has 4 nitrogen and oxygen atoms in total. The van der Waals surface area contributed by atoms with E-state index in [0.717, 1.165) is 31.6 Å². The molecule has 1 aliphatic heterocycles. The molecule has 0 aromatic heterocycles. The van der Waals surface area contributed by atoms with Crippen LogP contribution in [0.1, 0.15) is 12.0 Å². The van der Waals surface area contributed by atoms with E-state index in [1.165, 1.54) is 5.57 Å². The largest absolute Gasteiger partial charge is 0.296 e. The molecular formula is C14H16N2O2. The lowest BCUT2D eigenvalue weighted by Gasteiger charge is -2.25. The standard InChI is InChI=1S/C14H16N2O2/c1-2-9-15-10-7-13(8-11-15)12-3-5-14(6-4-12)16(17)18/h2-7H,1,8-11H2. The zero-order valence-corrected chi connectivity index (χ0v) is 10.2. The molecule has 0 atom stereocenters. The normalized spacial score (nSPS) is 16.1. The first-order valence-electron chi connectivity index (χ1n) is 5.98. The number of benzene rings is 1. The maximum atomic E-state index is 10.6. The predicted molar refractivity (Wildman–Crippen MR) is 72.3 cm³/mol. The van der Waals surface area contributed by atoms with Crippen LogP contribution >= 0.6 is 0 Å². The van der Waals surface area contributed by atoms with Gasteiger partial charge in [0.2, 0.25) is 0 Å². The monoisotopic (exact) mass is 244 g/mol. The Morgan fingerprint density at radius 3 is 2.61 bits per heavy atom. The first-order chi connectivity index (χ1) is 8.70. The molecule has 0 N–H and O–H groups in total. The molecule has 94 valence electrons. The molecule has 0 spiro atoms. The van der Waals surface area contributed by atoms with Gasteiger partial charge in [-0.1, -0.05) is 12.2 Å². The van der Waals surface area contributed by atoms with Crippen LogP contribution < -0.4 is 0 Å². The summed E-state index contributed by atoms with van der Waals surface area (Å²) in [6, 6.07) is 6.78. The van der Waals surface area contributed by atoms with Gasteiger partial charge < -0.3 is 0 Å². The van der Waals surface area contributed by atoms with Crippen LogP contribution in [0, 0.1) is 10.1 Å². The molecule has 0 saturated heterocycles. The maximum absolute atomic E-state index is 10.6. The highest BCUT2D eigenvalue weighted by atomic mass is 16.6. The molecule has 0 saturated carbocycles. The van der Waals surface area contributed by atoms with Crippen molar-refractivity contribution in [1.29, 1.82) is 0 Å². The van der Waals surface area contributed by atoms with Crippen LogP contribution in [-0.4, -0.2) is 29.5 Å². The van der Waals surface area contributed by atoms with E-state index in [-0.39, 0.29) is 10.6 Å². The third-order valence-corrected chi connectivity index (χ3v) is 3.13. The summed E-state index contributed by atoms with van der Waals surface area (Å²) in [5, 5.41) is 10.6. The summed E-state index contributed by atoms with van der Waals surface area (Å²) in [5.74, 6) is 0. The van der Waals surface area contributed by atoms with Crippen molar-refractivity contribution in [2.75, 3.05) is 19.6 Å². The molecule has 1 aliphatic rings. The van der Waals surface area contributed by atoms with Crippen molar-refractivity contribution in [3.05, 3.63) is 58.7 Å². The maximum Gasteiger partial charge on any atom is 0.269 e. The Morgan fingerprint density at radius 2 is 2.11 bits per heavy atom. The molecule has 0 amide bonds. The Kier molecular flexibility index (Phi) is 3.89. The van der Waals surface area contributed by atoms with Gasteiger partial charge in [-0.2, -0.15) is 0 Å². The minimum atomic E-state index is -0.370. The van der Waals surface area contributed by atoms with E-state index >= 15 is 0 Å². The van der Waals surface area contributed by atoms with Gasteiger partial charge in [0.15, 0.2) is 0 Å². The SMILES string of the molecule is C=CCN1CC=C(c2ccc([N+](=O)[O-])cc2)CC1. The highest BCUT2D eigenvalue weighted by molar-refractivity contribution is 5.67. The molecule has 1 aromatic rings. The fourth-order valence-electron chi connectivity index (χ4n) is 2.12. The summed E-state index contributed by atoms with van der Waals surface area (Å²) in [7, 11) is 0. The lowest BCUT2D eigenvalue weighted by molar-refractivity contribution is -0.384. The predicted octanol–water partition coefficient (Wildman–Crippen LogP) is 2.87. The van der Waals surface area contributed by atoms with Gasteiger partial charge in [-0.05, 0) is 29.7 Å². The molecule has 0 unspecified atom stereocenters. The van der Waals surface area contributed by atoms with Crippen LogP contribution in [0.4, 0.5) is 5.69 Å². The van der Waals surface area contributed by atoms with E-state index < -0.39 is 0 Å². The molecule has 1 heterocycles. The van der Waals surface area contributed by atoms with Gasteiger partial charge in [0.1, 0.15) is 0 Å². The first kappa shape index (κ1) is 12.5. The van der Waals surface area contributed by atoms with Gasteiger partial charge >= 0.3 is 0 Å². The van der Waals surface area contributed by atoms with Crippen LogP contribution in [0.5, 0.6) is 0 Å². The van der Waals surface area contributed by atoms with E-state index in [4.69, 9.17) is 0 Å². The minimum Gasteiger partial charge on any atom is -0.296 e. The van der Waals surface area contributed by atoms with Crippen molar-refractivity contribution in [2.45, 2.75) is 6.42 Å². The van der Waals surface area contributed by atoms with E-state index in [1.807, 2.05) is 18.2 Å². The average molecular weight is 244 g/mol. The second-order valence-electron chi connectivity index (χ2n) is 4.33. The molecule has 1 aromatic carbocycles. The van der Waals surface area contributed by atoms with Crippen LogP contribution in [0.2, 0.25) is 0 Å². The molecule has 0 aliphatic carbocycles. The number of nitrogens with zero attached hydrogens (tertiary/aromatic N) is 2. The fourth-order valence-corrected chi connectivity index (χ4v) is 2.12. The Balaban J connectivity index is 2.08. The van der Waals surface area contributed by atoms with E-state index in [0.29, 0.717) is 0 Å². The van der Waals surface area contributed by atoms with Gasteiger partial charge in [0, 0.05) is 31.8 Å². The van der Waals surface area contributed by atoms with Gasteiger partial charge in [-0.15, -0.1) is 6.58 Å². The number of hydrogen-bond acceptors (Lipinski definition) is 3. The smallest absolute Gasteiger partial charge is 0.269 e. The van der Waals surface area contributed by atoms with E-state index in [1.54, 1.807) is 12.1 Å². The summed E-state index contributed by atoms with van der Waals surface area (Å²) in [6.07, 6.45) is 5.07. The highest BCUT2D eigenvalue weighted by Gasteiger charge is 2.12. The van der Waals surface area contributed by atoms with E-state index in [9.17, 15) is 10.1 Å². The molecule has 0 radical (unpaired) electrons. The van der Waals surface area contributed by atoms with Crippen LogP contribution in [0.3, 0.4) is 0 Å². The lowest BCUT2D eigenvalue weighted by atomic mass is 9.99.